The molecule has 0 aliphatic carbocycles. The maximum absolute atomic E-state index is 11.1. The van der Waals surface area contributed by atoms with Crippen molar-refractivity contribution in [3.8, 4) is 5.75 Å². The van der Waals surface area contributed by atoms with E-state index in [9.17, 15) is 4.79 Å². The quantitative estimate of drug-likeness (QED) is 0.691. The van der Waals surface area contributed by atoms with Crippen LogP contribution in [0.15, 0.2) is 24.3 Å². The second-order valence-corrected chi connectivity index (χ2v) is 2.40. The van der Waals surface area contributed by atoms with E-state index in [1.165, 1.54) is 0 Å². The van der Waals surface area contributed by atoms with Crippen LogP contribution in [0.25, 0.3) is 0 Å². The maximum Gasteiger partial charge on any atom is 0.497 e. The summed E-state index contributed by atoms with van der Waals surface area (Å²) in [5.74, 6) is 0.198. The van der Waals surface area contributed by atoms with Crippen molar-refractivity contribution in [2.24, 2.45) is 0 Å². The number of carbonyl (C=O) groups excluding carboxylic acids is 1. The predicted molar refractivity (Wildman–Crippen MR) is 50.0 cm³/mol. The van der Waals surface area contributed by atoms with Crippen LogP contribution in [0.3, 0.4) is 0 Å². The predicted octanol–water partition coefficient (Wildman–Crippen LogP) is 1.62. The highest BCUT2D eigenvalue weighted by Crippen LogP contribution is 2.11. The SMILES string of the molecule is COc1ccc(C(=O)O[B]Cl)cc1. The number of rotatable bonds is 3. The van der Waals surface area contributed by atoms with Crippen LogP contribution in [0, 0.1) is 0 Å². The van der Waals surface area contributed by atoms with Crippen molar-refractivity contribution in [2.75, 3.05) is 7.11 Å². The normalized spacial score (nSPS) is 9.08. The van der Waals surface area contributed by atoms with E-state index >= 15 is 0 Å². The fourth-order valence-corrected chi connectivity index (χ4v) is 0.917. The van der Waals surface area contributed by atoms with Crippen LogP contribution in [-0.2, 0) is 4.65 Å². The zero-order valence-electron chi connectivity index (χ0n) is 6.99. The van der Waals surface area contributed by atoms with Gasteiger partial charge in [0.1, 0.15) is 5.75 Å². The Labute approximate surface area is 81.8 Å². The summed E-state index contributed by atoms with van der Waals surface area (Å²) in [7, 11) is 1.56. The molecule has 1 radical (unpaired) electrons. The van der Waals surface area contributed by atoms with Crippen LogP contribution in [0.2, 0.25) is 0 Å². The number of benzene rings is 1. The minimum absolute atomic E-state index is 0.428. The molecule has 0 spiro atoms. The van der Waals surface area contributed by atoms with Gasteiger partial charge in [-0.25, -0.2) is 4.79 Å². The summed E-state index contributed by atoms with van der Waals surface area (Å²) >= 11 is 5.11. The molecule has 0 aromatic heterocycles. The van der Waals surface area contributed by atoms with Crippen molar-refractivity contribution in [1.29, 1.82) is 0 Å². The lowest BCUT2D eigenvalue weighted by Crippen LogP contribution is -2.05. The van der Waals surface area contributed by atoms with Crippen LogP contribution >= 0.6 is 11.5 Å². The van der Waals surface area contributed by atoms with E-state index in [1.807, 2.05) is 0 Å². The molecule has 0 unspecified atom stereocenters. The van der Waals surface area contributed by atoms with Gasteiger partial charge in [-0.2, -0.15) is 0 Å². The molecule has 0 amide bonds. The number of methoxy groups -OCH3 is 1. The zero-order chi connectivity index (χ0) is 9.68. The molecule has 0 aliphatic rings. The summed E-state index contributed by atoms with van der Waals surface area (Å²) in [6.45, 7) is 0.826. The van der Waals surface area contributed by atoms with Gasteiger partial charge in [0, 0.05) is 0 Å². The second kappa shape index (κ2) is 4.77. The van der Waals surface area contributed by atoms with E-state index in [-0.39, 0.29) is 0 Å². The van der Waals surface area contributed by atoms with E-state index in [4.69, 9.17) is 16.2 Å². The van der Waals surface area contributed by atoms with Gasteiger partial charge in [0.25, 0.3) is 0 Å². The molecule has 0 atom stereocenters. The summed E-state index contributed by atoms with van der Waals surface area (Å²) in [6, 6.07) is 6.54. The smallest absolute Gasteiger partial charge is 0.497 e. The van der Waals surface area contributed by atoms with Gasteiger partial charge in [0.2, 0.25) is 0 Å². The molecule has 0 fully saturated rings. The molecule has 1 aromatic carbocycles. The van der Waals surface area contributed by atoms with Crippen LogP contribution < -0.4 is 4.74 Å². The summed E-state index contributed by atoms with van der Waals surface area (Å²) in [5, 5.41) is 0. The van der Waals surface area contributed by atoms with Crippen molar-refractivity contribution in [3.05, 3.63) is 29.8 Å². The Morgan fingerprint density at radius 3 is 2.46 bits per heavy atom. The van der Waals surface area contributed by atoms with Crippen LogP contribution in [0.5, 0.6) is 5.75 Å². The first-order valence-corrected chi connectivity index (χ1v) is 3.98. The van der Waals surface area contributed by atoms with Gasteiger partial charge >= 0.3 is 12.9 Å². The molecule has 1 aromatic rings. The highest BCUT2D eigenvalue weighted by molar-refractivity contribution is 6.90. The number of ether oxygens (including phenoxy) is 1. The number of hydrogen-bond donors (Lipinski definition) is 0. The van der Waals surface area contributed by atoms with Gasteiger partial charge in [-0.15, -0.1) is 11.5 Å². The number of carbonyl (C=O) groups is 1. The number of halogens is 1. The molecule has 67 valence electrons. The van der Waals surface area contributed by atoms with Gasteiger partial charge in [0.05, 0.1) is 12.7 Å². The topological polar surface area (TPSA) is 35.5 Å². The van der Waals surface area contributed by atoms with Crippen molar-refractivity contribution >= 4 is 24.3 Å². The van der Waals surface area contributed by atoms with Crippen molar-refractivity contribution in [3.63, 3.8) is 0 Å². The Balaban J connectivity index is 2.74. The van der Waals surface area contributed by atoms with Crippen molar-refractivity contribution in [1.82, 2.24) is 0 Å². The Kier molecular flexibility index (Phi) is 3.64. The summed E-state index contributed by atoms with van der Waals surface area (Å²) in [6.07, 6.45) is 0. The second-order valence-electron chi connectivity index (χ2n) is 2.22. The largest absolute Gasteiger partial charge is 0.518 e. The van der Waals surface area contributed by atoms with Gasteiger partial charge in [-0.05, 0) is 24.3 Å². The molecule has 0 N–H and O–H groups in total. The van der Waals surface area contributed by atoms with E-state index in [1.54, 1.807) is 31.4 Å². The molecule has 0 saturated heterocycles. The minimum Gasteiger partial charge on any atom is -0.518 e. The lowest BCUT2D eigenvalue weighted by Gasteiger charge is -2.01. The summed E-state index contributed by atoms with van der Waals surface area (Å²) in [4.78, 5) is 11.1. The Morgan fingerprint density at radius 1 is 1.38 bits per heavy atom. The molecule has 13 heavy (non-hydrogen) atoms. The Hall–Kier alpha value is -1.16. The molecular weight excluding hydrogens is 190 g/mol. The van der Waals surface area contributed by atoms with Crippen LogP contribution in [0.1, 0.15) is 10.4 Å². The first kappa shape index (κ1) is 9.93. The Morgan fingerprint density at radius 2 is 2.00 bits per heavy atom. The molecule has 5 heteroatoms. The molecule has 0 aliphatic heterocycles. The van der Waals surface area contributed by atoms with Gasteiger partial charge in [-0.1, -0.05) is 0 Å². The molecular formula is C8H7BClO3. The zero-order valence-corrected chi connectivity index (χ0v) is 7.75. The third kappa shape index (κ3) is 2.66. The monoisotopic (exact) mass is 197 g/mol. The lowest BCUT2D eigenvalue weighted by molar-refractivity contribution is 0.0746. The maximum atomic E-state index is 11.1. The lowest BCUT2D eigenvalue weighted by atomic mass is 10.2. The third-order valence-electron chi connectivity index (χ3n) is 1.48. The first-order valence-electron chi connectivity index (χ1n) is 3.55. The van der Waals surface area contributed by atoms with Gasteiger partial charge in [0.15, 0.2) is 0 Å². The molecule has 3 nitrogen and oxygen atoms in total. The first-order chi connectivity index (χ1) is 6.27. The summed E-state index contributed by atoms with van der Waals surface area (Å²) in [5.41, 5.74) is 0.428. The summed E-state index contributed by atoms with van der Waals surface area (Å²) < 4.78 is 9.39. The van der Waals surface area contributed by atoms with Crippen molar-refractivity contribution < 1.29 is 14.2 Å². The molecule has 1 rings (SSSR count). The molecule has 0 saturated carbocycles. The minimum atomic E-state index is -0.488. The third-order valence-corrected chi connectivity index (χ3v) is 1.57. The van der Waals surface area contributed by atoms with Crippen molar-refractivity contribution in [2.45, 2.75) is 0 Å². The average molecular weight is 197 g/mol. The Bertz CT molecular complexity index is 286. The van der Waals surface area contributed by atoms with Crippen LogP contribution in [-0.4, -0.2) is 20.0 Å². The number of hydrogen-bond acceptors (Lipinski definition) is 3. The van der Waals surface area contributed by atoms with Gasteiger partial charge < -0.3 is 9.39 Å². The fourth-order valence-electron chi connectivity index (χ4n) is 0.836. The van der Waals surface area contributed by atoms with E-state index < -0.39 is 5.97 Å². The highest BCUT2D eigenvalue weighted by atomic mass is 35.5. The highest BCUT2D eigenvalue weighted by Gasteiger charge is 2.05. The molecule has 0 bridgehead atoms. The van der Waals surface area contributed by atoms with Crippen LogP contribution in [0.4, 0.5) is 0 Å². The van der Waals surface area contributed by atoms with E-state index in [0.717, 1.165) is 6.90 Å². The standard InChI is InChI=1S/C8H7BClO3/c1-12-7-4-2-6(3-5-7)8(11)13-9-10/h2-5H,1H3. The fraction of sp³-hybridized carbons (Fsp3) is 0.125. The van der Waals surface area contributed by atoms with Gasteiger partial charge in [-0.3, -0.25) is 0 Å². The van der Waals surface area contributed by atoms with E-state index in [0.29, 0.717) is 11.3 Å². The van der Waals surface area contributed by atoms with E-state index in [2.05, 4.69) is 4.65 Å². The molecule has 0 heterocycles. The average Bonchev–Trinajstić information content (AvgIpc) is 2.18.